The lowest BCUT2D eigenvalue weighted by Crippen LogP contribution is -1.87. The molecule has 0 fully saturated rings. The molecule has 6 heteroatoms. The van der Waals surface area contributed by atoms with Gasteiger partial charge < -0.3 is 10.3 Å². The van der Waals surface area contributed by atoms with Gasteiger partial charge in [-0.15, -0.1) is 0 Å². The molecule has 0 aliphatic carbocycles. The molecule has 0 spiro atoms. The van der Waals surface area contributed by atoms with Gasteiger partial charge in [0.1, 0.15) is 11.6 Å². The fourth-order valence-corrected chi connectivity index (χ4v) is 1.58. The molecule has 0 aliphatic rings. The van der Waals surface area contributed by atoms with Crippen LogP contribution in [0.1, 0.15) is 0 Å². The molecule has 0 atom stereocenters. The number of nitrogens with zero attached hydrogens (tertiary/aromatic N) is 1. The Labute approximate surface area is 92.0 Å². The lowest BCUT2D eigenvalue weighted by molar-refractivity contribution is 0.432. The van der Waals surface area contributed by atoms with Crippen molar-refractivity contribution in [3.05, 3.63) is 34.3 Å². The summed E-state index contributed by atoms with van der Waals surface area (Å²) in [6.45, 7) is 0. The number of benzene rings is 1. The third-order valence-corrected chi connectivity index (χ3v) is 2.36. The van der Waals surface area contributed by atoms with Crippen molar-refractivity contribution in [3.8, 4) is 11.3 Å². The van der Waals surface area contributed by atoms with Crippen molar-refractivity contribution in [1.82, 2.24) is 5.16 Å². The zero-order valence-electron chi connectivity index (χ0n) is 7.30. The van der Waals surface area contributed by atoms with Crippen molar-refractivity contribution in [2.75, 3.05) is 5.73 Å². The molecule has 78 valence electrons. The molecule has 2 aromatic rings. The first-order valence-corrected chi connectivity index (χ1v) is 4.74. The third kappa shape index (κ3) is 1.85. The van der Waals surface area contributed by atoms with Crippen LogP contribution in [0.2, 0.25) is 0 Å². The number of aromatic nitrogens is 1. The molecular weight excluding hydrogens is 270 g/mol. The Kier molecular flexibility index (Phi) is 2.44. The highest BCUT2D eigenvalue weighted by Crippen LogP contribution is 2.29. The molecule has 0 saturated heterocycles. The monoisotopic (exact) mass is 274 g/mol. The molecule has 0 radical (unpaired) electrons. The maximum Gasteiger partial charge on any atom is 0.172 e. The Hall–Kier alpha value is -1.43. The van der Waals surface area contributed by atoms with Crippen molar-refractivity contribution in [2.45, 2.75) is 0 Å². The molecule has 0 saturated carbocycles. The number of nitrogen functional groups attached to an aromatic ring is 1. The van der Waals surface area contributed by atoms with Crippen LogP contribution in [0.15, 0.2) is 27.2 Å². The summed E-state index contributed by atoms with van der Waals surface area (Å²) in [5.41, 5.74) is 5.29. The van der Waals surface area contributed by atoms with Gasteiger partial charge in [0.15, 0.2) is 11.6 Å². The molecule has 1 heterocycles. The number of hydrogen-bond acceptors (Lipinski definition) is 3. The average Bonchev–Trinajstić information content (AvgIpc) is 2.58. The van der Waals surface area contributed by atoms with Gasteiger partial charge >= 0.3 is 0 Å². The van der Waals surface area contributed by atoms with Crippen LogP contribution >= 0.6 is 15.9 Å². The summed E-state index contributed by atoms with van der Waals surface area (Å²) in [4.78, 5) is 0. The maximum atomic E-state index is 13.5. The highest BCUT2D eigenvalue weighted by molar-refractivity contribution is 9.10. The fourth-order valence-electron chi connectivity index (χ4n) is 1.15. The normalized spacial score (nSPS) is 10.6. The van der Waals surface area contributed by atoms with E-state index in [1.165, 1.54) is 6.07 Å². The molecule has 1 aromatic carbocycles. The quantitative estimate of drug-likeness (QED) is 0.814. The summed E-state index contributed by atoms with van der Waals surface area (Å²) in [5.74, 6) is -0.990. The van der Waals surface area contributed by atoms with Gasteiger partial charge in [-0.05, 0) is 28.1 Å². The van der Waals surface area contributed by atoms with E-state index >= 15 is 0 Å². The topological polar surface area (TPSA) is 52.0 Å². The summed E-state index contributed by atoms with van der Waals surface area (Å²) in [6, 6.07) is 3.36. The summed E-state index contributed by atoms with van der Waals surface area (Å²) < 4.78 is 31.3. The predicted molar refractivity (Wildman–Crippen MR) is 54.0 cm³/mol. The number of hydrogen-bond donors (Lipinski definition) is 1. The Morgan fingerprint density at radius 1 is 1.27 bits per heavy atom. The SMILES string of the molecule is Nc1cc(-c2cc(F)cc(Br)c2F)on1. The van der Waals surface area contributed by atoms with Gasteiger partial charge in [0.2, 0.25) is 0 Å². The standard InChI is InChI=1S/C9H5BrF2N2O/c10-6-2-4(11)1-5(9(6)12)7-3-8(13)14-15-7/h1-3H,(H2,13,14). The van der Waals surface area contributed by atoms with Crippen LogP contribution < -0.4 is 5.73 Å². The van der Waals surface area contributed by atoms with E-state index in [2.05, 4.69) is 21.1 Å². The van der Waals surface area contributed by atoms with Crippen LogP contribution in [0.25, 0.3) is 11.3 Å². The lowest BCUT2D eigenvalue weighted by Gasteiger charge is -2.00. The largest absolute Gasteiger partial charge is 0.381 e. The van der Waals surface area contributed by atoms with Crippen LogP contribution in [0, 0.1) is 11.6 Å². The first kappa shape index (κ1) is 10.1. The Morgan fingerprint density at radius 3 is 2.60 bits per heavy atom. The zero-order valence-corrected chi connectivity index (χ0v) is 8.88. The van der Waals surface area contributed by atoms with Crippen LogP contribution in [0.4, 0.5) is 14.6 Å². The predicted octanol–water partition coefficient (Wildman–Crippen LogP) is 2.96. The van der Waals surface area contributed by atoms with E-state index in [1.54, 1.807) is 0 Å². The molecule has 15 heavy (non-hydrogen) atoms. The number of anilines is 1. The molecule has 2 N–H and O–H groups in total. The third-order valence-electron chi connectivity index (χ3n) is 1.79. The molecule has 2 rings (SSSR count). The van der Waals surface area contributed by atoms with Gasteiger partial charge in [-0.2, -0.15) is 0 Å². The van der Waals surface area contributed by atoms with E-state index < -0.39 is 11.6 Å². The van der Waals surface area contributed by atoms with Gasteiger partial charge in [-0.1, -0.05) is 5.16 Å². The smallest absolute Gasteiger partial charge is 0.172 e. The van der Waals surface area contributed by atoms with E-state index in [1.807, 2.05) is 0 Å². The molecular formula is C9H5BrF2N2O. The highest BCUT2D eigenvalue weighted by atomic mass is 79.9. The molecule has 0 amide bonds. The van der Waals surface area contributed by atoms with E-state index in [0.29, 0.717) is 0 Å². The van der Waals surface area contributed by atoms with E-state index in [9.17, 15) is 8.78 Å². The first-order chi connectivity index (χ1) is 7.08. The summed E-state index contributed by atoms with van der Waals surface area (Å²) in [7, 11) is 0. The molecule has 0 aliphatic heterocycles. The summed E-state index contributed by atoms with van der Waals surface area (Å²) in [5, 5.41) is 3.39. The molecule has 3 nitrogen and oxygen atoms in total. The van der Waals surface area contributed by atoms with Crippen molar-refractivity contribution < 1.29 is 13.3 Å². The van der Waals surface area contributed by atoms with Gasteiger partial charge in [-0.25, -0.2) is 8.78 Å². The Bertz CT molecular complexity index is 513. The maximum absolute atomic E-state index is 13.5. The van der Waals surface area contributed by atoms with Gasteiger partial charge in [0, 0.05) is 6.07 Å². The summed E-state index contributed by atoms with van der Waals surface area (Å²) in [6.07, 6.45) is 0. The van der Waals surface area contributed by atoms with Crippen LogP contribution in [0.3, 0.4) is 0 Å². The summed E-state index contributed by atoms with van der Waals surface area (Å²) >= 11 is 2.89. The highest BCUT2D eigenvalue weighted by Gasteiger charge is 2.14. The molecule has 0 unspecified atom stereocenters. The number of nitrogens with two attached hydrogens (primary N) is 1. The molecule has 1 aromatic heterocycles. The number of rotatable bonds is 1. The van der Waals surface area contributed by atoms with Crippen LogP contribution in [0.5, 0.6) is 0 Å². The molecule has 0 bridgehead atoms. The van der Waals surface area contributed by atoms with Gasteiger partial charge in [0.05, 0.1) is 10.0 Å². The number of halogens is 3. The van der Waals surface area contributed by atoms with Crippen molar-refractivity contribution in [3.63, 3.8) is 0 Å². The Balaban J connectivity index is 2.62. The second-order valence-corrected chi connectivity index (χ2v) is 3.72. The second kappa shape index (κ2) is 3.62. The minimum Gasteiger partial charge on any atom is -0.381 e. The fraction of sp³-hybridized carbons (Fsp3) is 0. The van der Waals surface area contributed by atoms with Crippen molar-refractivity contribution >= 4 is 21.7 Å². The van der Waals surface area contributed by atoms with E-state index in [-0.39, 0.29) is 21.6 Å². The first-order valence-electron chi connectivity index (χ1n) is 3.95. The second-order valence-electron chi connectivity index (χ2n) is 2.87. The van der Waals surface area contributed by atoms with E-state index in [0.717, 1.165) is 12.1 Å². The average molecular weight is 275 g/mol. The van der Waals surface area contributed by atoms with Gasteiger partial charge in [-0.3, -0.25) is 0 Å². The van der Waals surface area contributed by atoms with E-state index in [4.69, 9.17) is 10.3 Å². The van der Waals surface area contributed by atoms with Crippen molar-refractivity contribution in [1.29, 1.82) is 0 Å². The zero-order chi connectivity index (χ0) is 11.0. The van der Waals surface area contributed by atoms with Crippen LogP contribution in [-0.2, 0) is 0 Å². The van der Waals surface area contributed by atoms with Crippen molar-refractivity contribution in [2.24, 2.45) is 0 Å². The lowest BCUT2D eigenvalue weighted by atomic mass is 10.1. The van der Waals surface area contributed by atoms with Crippen LogP contribution in [-0.4, -0.2) is 5.16 Å². The Morgan fingerprint density at radius 2 is 2.00 bits per heavy atom. The minimum absolute atomic E-state index is 0.0208. The minimum atomic E-state index is -0.618. The van der Waals surface area contributed by atoms with Gasteiger partial charge in [0.25, 0.3) is 0 Å².